The van der Waals surface area contributed by atoms with Gasteiger partial charge >= 0.3 is 0 Å². The van der Waals surface area contributed by atoms with Gasteiger partial charge in [-0.25, -0.2) is 9.97 Å². The maximum Gasteiger partial charge on any atom is 0.294 e. The van der Waals surface area contributed by atoms with Gasteiger partial charge in [0.2, 0.25) is 0 Å². The van der Waals surface area contributed by atoms with E-state index in [1.54, 1.807) is 0 Å². The van der Waals surface area contributed by atoms with Gasteiger partial charge in [0, 0.05) is 10.8 Å². The summed E-state index contributed by atoms with van der Waals surface area (Å²) in [6, 6.07) is 12.5. The topological polar surface area (TPSA) is 54.1 Å². The molecule has 0 unspecified atom stereocenters. The lowest BCUT2D eigenvalue weighted by Crippen LogP contribution is -2.34. The number of aromatic amines is 1. The molecule has 4 rings (SSSR count). The normalized spacial score (nSPS) is 15.1. The van der Waals surface area contributed by atoms with Crippen molar-refractivity contribution in [2.45, 2.75) is 19.3 Å². The number of nitrogens with one attached hydrogen (secondary N) is 1. The molecule has 1 aliphatic heterocycles. The van der Waals surface area contributed by atoms with E-state index in [1.165, 1.54) is 19.3 Å². The second-order valence-electron chi connectivity index (χ2n) is 5.79. The molecule has 0 spiro atoms. The van der Waals surface area contributed by atoms with Crippen molar-refractivity contribution in [2.75, 3.05) is 18.0 Å². The van der Waals surface area contributed by atoms with Crippen molar-refractivity contribution < 1.29 is 4.98 Å². The van der Waals surface area contributed by atoms with Crippen molar-refractivity contribution in [3.05, 3.63) is 42.1 Å². The zero-order valence-electron chi connectivity index (χ0n) is 12.3. The van der Waals surface area contributed by atoms with Crippen LogP contribution in [0.3, 0.4) is 0 Å². The van der Waals surface area contributed by atoms with Crippen molar-refractivity contribution in [3.63, 3.8) is 0 Å². The van der Waals surface area contributed by atoms with Crippen LogP contribution < -0.4 is 9.88 Å². The Morgan fingerprint density at radius 3 is 2.73 bits per heavy atom. The molecule has 0 bridgehead atoms. The summed E-state index contributed by atoms with van der Waals surface area (Å²) in [6.45, 7) is 2.01. The van der Waals surface area contributed by atoms with Crippen LogP contribution in [0.25, 0.3) is 21.8 Å². The highest BCUT2D eigenvalue weighted by molar-refractivity contribution is 5.95. The fourth-order valence-electron chi connectivity index (χ4n) is 3.25. The maximum absolute atomic E-state index is 9.68. The summed E-state index contributed by atoms with van der Waals surface area (Å²) in [7, 11) is 0. The quantitative estimate of drug-likeness (QED) is 0.647. The number of anilines is 1. The lowest BCUT2D eigenvalue weighted by atomic mass is 10.1. The monoisotopic (exact) mass is 289 g/mol. The van der Waals surface area contributed by atoms with Crippen LogP contribution in [0, 0.1) is 11.3 Å². The van der Waals surface area contributed by atoms with E-state index in [9.17, 15) is 5.26 Å². The van der Waals surface area contributed by atoms with E-state index in [1.807, 2.05) is 30.5 Å². The van der Waals surface area contributed by atoms with Crippen molar-refractivity contribution in [1.29, 1.82) is 5.26 Å². The fraction of sp³-hybridized carbons (Fsp3) is 0.278. The smallest absolute Gasteiger partial charge is 0.261 e. The zero-order valence-corrected chi connectivity index (χ0v) is 12.3. The fourth-order valence-corrected chi connectivity index (χ4v) is 3.25. The number of fused-ring (bicyclic) bond motifs is 2. The Bertz CT molecular complexity index is 889. The Hall–Kier alpha value is -2.67. The molecule has 22 heavy (non-hydrogen) atoms. The van der Waals surface area contributed by atoms with Crippen LogP contribution in [0.5, 0.6) is 0 Å². The molecule has 4 nitrogen and oxygen atoms in total. The lowest BCUT2D eigenvalue weighted by molar-refractivity contribution is -0.362. The third kappa shape index (κ3) is 2.06. The molecule has 1 fully saturated rings. The Kier molecular flexibility index (Phi) is 3.12. The molecule has 1 aliphatic rings. The number of rotatable bonds is 1. The highest BCUT2D eigenvalue weighted by Gasteiger charge is 2.25. The number of piperidine rings is 1. The number of hydrogen-bond acceptors (Lipinski definition) is 3. The van der Waals surface area contributed by atoms with Crippen molar-refractivity contribution in [3.8, 4) is 6.07 Å². The van der Waals surface area contributed by atoms with Crippen molar-refractivity contribution in [1.82, 2.24) is 4.98 Å². The number of hydrogen-bond donors (Lipinski definition) is 0. The molecule has 3 heterocycles. The second kappa shape index (κ2) is 5.27. The number of aromatic nitrogens is 2. The standard InChI is InChI=1S/C18H16N4/c19-11-15-17-14(10-13-6-2-3-7-16(13)21-17)12-20-18(15)22-8-4-1-5-9-22/h2-3,6-7,10,12H,1,4-5,8-9H2/p+1. The van der Waals surface area contributed by atoms with Crippen LogP contribution >= 0.6 is 0 Å². The van der Waals surface area contributed by atoms with Gasteiger partial charge in [-0.05, 0) is 31.4 Å². The first kappa shape index (κ1) is 13.0. The van der Waals surface area contributed by atoms with E-state index in [0.717, 1.165) is 40.7 Å². The lowest BCUT2D eigenvalue weighted by Gasteiger charge is -2.21. The molecular formula is C18H17N4+. The van der Waals surface area contributed by atoms with Crippen LogP contribution in [0.2, 0.25) is 0 Å². The Morgan fingerprint density at radius 1 is 1.09 bits per heavy atom. The third-order valence-corrected chi connectivity index (χ3v) is 4.38. The van der Waals surface area contributed by atoms with Crippen LogP contribution in [-0.2, 0) is 0 Å². The van der Waals surface area contributed by atoms with Gasteiger partial charge < -0.3 is 0 Å². The van der Waals surface area contributed by atoms with Gasteiger partial charge in [0.25, 0.3) is 5.82 Å². The minimum absolute atomic E-state index is 0.658. The van der Waals surface area contributed by atoms with E-state index in [2.05, 4.69) is 22.0 Å². The van der Waals surface area contributed by atoms with Gasteiger partial charge in [-0.15, -0.1) is 0 Å². The molecule has 1 aromatic carbocycles. The first-order valence-corrected chi connectivity index (χ1v) is 7.76. The predicted molar refractivity (Wildman–Crippen MR) is 86.6 cm³/mol. The maximum atomic E-state index is 9.68. The number of benzene rings is 1. The van der Waals surface area contributed by atoms with Gasteiger partial charge in [0.05, 0.1) is 24.8 Å². The van der Waals surface area contributed by atoms with Crippen LogP contribution in [0.15, 0.2) is 36.5 Å². The van der Waals surface area contributed by atoms with Crippen LogP contribution in [0.1, 0.15) is 24.8 Å². The van der Waals surface area contributed by atoms with E-state index in [4.69, 9.17) is 4.98 Å². The minimum Gasteiger partial charge on any atom is -0.261 e. The number of nitrogens with zero attached hydrogens (tertiary/aromatic N) is 3. The first-order valence-electron chi connectivity index (χ1n) is 7.76. The molecule has 1 saturated heterocycles. The van der Waals surface area contributed by atoms with E-state index in [0.29, 0.717) is 5.56 Å². The van der Waals surface area contributed by atoms with Gasteiger partial charge in [-0.3, -0.25) is 4.90 Å². The SMILES string of the molecule is N#Cc1c(N2CCCCC2)[nH+]cc2cc3ccccc3nc12. The first-order chi connectivity index (χ1) is 10.9. The molecular weight excluding hydrogens is 272 g/mol. The molecule has 0 saturated carbocycles. The van der Waals surface area contributed by atoms with E-state index in [-0.39, 0.29) is 0 Å². The molecule has 108 valence electrons. The summed E-state index contributed by atoms with van der Waals surface area (Å²) in [5.41, 5.74) is 2.38. The number of nitriles is 1. The average molecular weight is 289 g/mol. The molecule has 0 amide bonds. The Morgan fingerprint density at radius 2 is 1.91 bits per heavy atom. The van der Waals surface area contributed by atoms with Crippen molar-refractivity contribution >= 4 is 27.6 Å². The van der Waals surface area contributed by atoms with E-state index < -0.39 is 0 Å². The number of pyridine rings is 2. The van der Waals surface area contributed by atoms with Gasteiger partial charge in [0.15, 0.2) is 5.56 Å². The molecule has 1 N–H and O–H groups in total. The summed E-state index contributed by atoms with van der Waals surface area (Å²) < 4.78 is 0. The summed E-state index contributed by atoms with van der Waals surface area (Å²) in [5.74, 6) is 0.914. The molecule has 3 aromatic rings. The summed E-state index contributed by atoms with van der Waals surface area (Å²) in [4.78, 5) is 10.3. The molecule has 0 radical (unpaired) electrons. The van der Waals surface area contributed by atoms with Gasteiger partial charge in [-0.2, -0.15) is 5.26 Å². The largest absolute Gasteiger partial charge is 0.294 e. The van der Waals surface area contributed by atoms with Gasteiger partial charge in [-0.1, -0.05) is 18.2 Å². The number of para-hydroxylation sites is 1. The summed E-state index contributed by atoms with van der Waals surface area (Å²) in [6.07, 6.45) is 5.61. The van der Waals surface area contributed by atoms with E-state index >= 15 is 0 Å². The second-order valence-corrected chi connectivity index (χ2v) is 5.79. The predicted octanol–water partition coefficient (Wildman–Crippen LogP) is 3.06. The van der Waals surface area contributed by atoms with Crippen LogP contribution in [-0.4, -0.2) is 18.1 Å². The van der Waals surface area contributed by atoms with Crippen molar-refractivity contribution in [2.24, 2.45) is 0 Å². The average Bonchev–Trinajstić information content (AvgIpc) is 2.59. The summed E-state index contributed by atoms with van der Waals surface area (Å²) >= 11 is 0. The molecule has 0 aliphatic carbocycles. The minimum atomic E-state index is 0.658. The molecule has 4 heteroatoms. The third-order valence-electron chi connectivity index (χ3n) is 4.38. The number of H-pyrrole nitrogens is 1. The highest BCUT2D eigenvalue weighted by Crippen LogP contribution is 2.26. The molecule has 2 aromatic heterocycles. The summed E-state index contributed by atoms with van der Waals surface area (Å²) in [5, 5.41) is 11.8. The van der Waals surface area contributed by atoms with Gasteiger partial charge in [0.1, 0.15) is 11.6 Å². The van der Waals surface area contributed by atoms with Crippen LogP contribution in [0.4, 0.5) is 5.82 Å². The highest BCUT2D eigenvalue weighted by atomic mass is 15.2. The Balaban J connectivity index is 1.96. The molecule has 0 atom stereocenters. The Labute approximate surface area is 129 Å². The zero-order chi connectivity index (χ0) is 14.9.